The number of aryl methyl sites for hydroxylation is 1. The molecule has 2 atom stereocenters. The van der Waals surface area contributed by atoms with Gasteiger partial charge in [-0.15, -0.1) is 0 Å². The molecule has 0 fully saturated rings. The van der Waals surface area contributed by atoms with E-state index in [-0.39, 0.29) is 35.5 Å². The van der Waals surface area contributed by atoms with E-state index < -0.39 is 28.5 Å². The largest absolute Gasteiger partial charge is 0.352 e. The van der Waals surface area contributed by atoms with Crippen molar-refractivity contribution < 1.29 is 18.0 Å². The van der Waals surface area contributed by atoms with Crippen LogP contribution in [-0.4, -0.2) is 43.8 Å². The van der Waals surface area contributed by atoms with E-state index in [1.54, 1.807) is 55.5 Å². The Kier molecular flexibility index (Phi) is 12.1. The van der Waals surface area contributed by atoms with Crippen molar-refractivity contribution in [1.82, 2.24) is 10.2 Å². The van der Waals surface area contributed by atoms with E-state index in [1.165, 1.54) is 23.1 Å². The van der Waals surface area contributed by atoms with E-state index in [4.69, 9.17) is 34.8 Å². The molecule has 0 radical (unpaired) electrons. The average Bonchev–Trinajstić information content (AvgIpc) is 3.04. The van der Waals surface area contributed by atoms with Crippen molar-refractivity contribution in [3.63, 3.8) is 0 Å². The maximum absolute atomic E-state index is 14.6. The molecule has 0 aromatic heterocycles. The molecular weight excluding hydrogens is 665 g/mol. The van der Waals surface area contributed by atoms with E-state index in [2.05, 4.69) is 5.32 Å². The van der Waals surface area contributed by atoms with Gasteiger partial charge in [0.05, 0.1) is 10.6 Å². The summed E-state index contributed by atoms with van der Waals surface area (Å²) in [5.41, 5.74) is 2.19. The van der Waals surface area contributed by atoms with Gasteiger partial charge in [-0.05, 0) is 67.8 Å². The molecular formula is C35H36Cl3N3O4S. The maximum atomic E-state index is 14.6. The van der Waals surface area contributed by atoms with E-state index in [9.17, 15) is 18.0 Å². The van der Waals surface area contributed by atoms with Crippen molar-refractivity contribution in [2.24, 2.45) is 0 Å². The van der Waals surface area contributed by atoms with Gasteiger partial charge in [-0.3, -0.25) is 13.9 Å². The number of halogens is 3. The highest BCUT2D eigenvalue weighted by atomic mass is 35.5. The van der Waals surface area contributed by atoms with Gasteiger partial charge in [-0.2, -0.15) is 0 Å². The van der Waals surface area contributed by atoms with Crippen LogP contribution in [0.15, 0.2) is 102 Å². The predicted molar refractivity (Wildman–Crippen MR) is 186 cm³/mol. The summed E-state index contributed by atoms with van der Waals surface area (Å²) in [4.78, 5) is 29.9. The first-order chi connectivity index (χ1) is 21.9. The second-order valence-corrected chi connectivity index (χ2v) is 14.1. The SMILES string of the molecule is CC[C@H](C)NC(=O)[C@H](Cc1ccccc1)N(Cc1c(Cl)cccc1Cl)C(=O)CN(c1ccc(C)c(Cl)c1)S(=O)(=O)c1ccccc1. The van der Waals surface area contributed by atoms with Gasteiger partial charge >= 0.3 is 0 Å². The standard InChI is InChI=1S/C35H36Cl3N3O4S/c1-4-25(3)39-35(43)33(20-26-12-7-5-8-13-26)40(22-29-30(36)16-11-17-31(29)37)34(42)23-41(27-19-18-24(2)32(38)21-27)46(44,45)28-14-9-6-10-15-28/h5-19,21,25,33H,4,20,22-23H2,1-3H3,(H,39,43)/t25-,33-/m0/s1. The summed E-state index contributed by atoms with van der Waals surface area (Å²) in [6.45, 7) is 4.86. The Bertz CT molecular complexity index is 1750. The Hall–Kier alpha value is -3.56. The van der Waals surface area contributed by atoms with Gasteiger partial charge in [0.15, 0.2) is 0 Å². The van der Waals surface area contributed by atoms with E-state index in [1.807, 2.05) is 44.2 Å². The quantitative estimate of drug-likeness (QED) is 0.155. The minimum absolute atomic E-state index is 0.00413. The third-order valence-corrected chi connectivity index (χ3v) is 10.6. The Morgan fingerprint density at radius 1 is 0.826 bits per heavy atom. The number of carbonyl (C=O) groups excluding carboxylic acids is 2. The predicted octanol–water partition coefficient (Wildman–Crippen LogP) is 7.71. The number of hydrogen-bond acceptors (Lipinski definition) is 4. The van der Waals surface area contributed by atoms with Gasteiger partial charge in [-0.1, -0.05) is 102 Å². The van der Waals surface area contributed by atoms with Crippen molar-refractivity contribution in [3.8, 4) is 0 Å². The summed E-state index contributed by atoms with van der Waals surface area (Å²) in [5.74, 6) is -1.02. The monoisotopic (exact) mass is 699 g/mol. The number of amides is 2. The highest BCUT2D eigenvalue weighted by Gasteiger charge is 2.35. The summed E-state index contributed by atoms with van der Waals surface area (Å²) in [7, 11) is -4.25. The highest BCUT2D eigenvalue weighted by molar-refractivity contribution is 7.92. The first-order valence-corrected chi connectivity index (χ1v) is 17.4. The van der Waals surface area contributed by atoms with Gasteiger partial charge in [-0.25, -0.2) is 8.42 Å². The second kappa shape index (κ2) is 15.8. The third kappa shape index (κ3) is 8.62. The Morgan fingerprint density at radius 2 is 1.43 bits per heavy atom. The fourth-order valence-corrected chi connectivity index (χ4v) is 6.95. The minimum Gasteiger partial charge on any atom is -0.352 e. The average molecular weight is 701 g/mol. The molecule has 7 nitrogen and oxygen atoms in total. The summed E-state index contributed by atoms with van der Waals surface area (Å²) in [6.07, 6.45) is 0.837. The zero-order valence-corrected chi connectivity index (χ0v) is 28.9. The minimum atomic E-state index is -4.25. The molecule has 242 valence electrons. The first-order valence-electron chi connectivity index (χ1n) is 14.8. The van der Waals surface area contributed by atoms with Crippen LogP contribution in [0.5, 0.6) is 0 Å². The molecule has 0 aliphatic carbocycles. The summed E-state index contributed by atoms with van der Waals surface area (Å²) in [6, 6.07) is 25.7. The molecule has 0 saturated heterocycles. The van der Waals surface area contributed by atoms with Crippen LogP contribution in [-0.2, 0) is 32.6 Å². The molecule has 46 heavy (non-hydrogen) atoms. The van der Waals surface area contributed by atoms with E-state index in [0.717, 1.165) is 15.4 Å². The zero-order valence-electron chi connectivity index (χ0n) is 25.8. The molecule has 2 amide bonds. The molecule has 0 unspecified atom stereocenters. The summed E-state index contributed by atoms with van der Waals surface area (Å²) < 4.78 is 29.3. The normalized spacial score (nSPS) is 12.7. The van der Waals surface area contributed by atoms with Crippen molar-refractivity contribution in [1.29, 1.82) is 0 Å². The lowest BCUT2D eigenvalue weighted by atomic mass is 10.0. The van der Waals surface area contributed by atoms with Crippen molar-refractivity contribution in [2.75, 3.05) is 10.8 Å². The van der Waals surface area contributed by atoms with Crippen LogP contribution in [0.1, 0.15) is 37.0 Å². The summed E-state index contributed by atoms with van der Waals surface area (Å²) >= 11 is 19.6. The lowest BCUT2D eigenvalue weighted by Gasteiger charge is -2.34. The molecule has 0 saturated carbocycles. The molecule has 4 aromatic carbocycles. The number of benzene rings is 4. The Balaban J connectivity index is 1.85. The number of carbonyl (C=O) groups is 2. The van der Waals surface area contributed by atoms with Crippen LogP contribution in [0, 0.1) is 6.92 Å². The molecule has 0 aliphatic heterocycles. The summed E-state index contributed by atoms with van der Waals surface area (Å²) in [5, 5.41) is 3.97. The first kappa shape index (κ1) is 35.3. The number of sulfonamides is 1. The molecule has 0 aliphatic rings. The Morgan fingerprint density at radius 3 is 2.02 bits per heavy atom. The molecule has 0 heterocycles. The van der Waals surface area contributed by atoms with Gasteiger partial charge in [0.1, 0.15) is 12.6 Å². The topological polar surface area (TPSA) is 86.8 Å². The second-order valence-electron chi connectivity index (χ2n) is 11.0. The van der Waals surface area contributed by atoms with Crippen LogP contribution < -0.4 is 9.62 Å². The molecule has 1 N–H and O–H groups in total. The van der Waals surface area contributed by atoms with Crippen LogP contribution >= 0.6 is 34.8 Å². The van der Waals surface area contributed by atoms with Crippen LogP contribution in [0.3, 0.4) is 0 Å². The Labute approximate surface area is 286 Å². The number of nitrogens with one attached hydrogen (secondary N) is 1. The number of nitrogens with zero attached hydrogens (tertiary/aromatic N) is 2. The van der Waals surface area contributed by atoms with Crippen LogP contribution in [0.4, 0.5) is 5.69 Å². The molecule has 0 spiro atoms. The lowest BCUT2D eigenvalue weighted by molar-refractivity contribution is -0.140. The van der Waals surface area contributed by atoms with Crippen molar-refractivity contribution >= 4 is 62.3 Å². The number of hydrogen-bond donors (Lipinski definition) is 1. The van der Waals surface area contributed by atoms with E-state index in [0.29, 0.717) is 27.1 Å². The number of anilines is 1. The van der Waals surface area contributed by atoms with Crippen molar-refractivity contribution in [2.45, 2.75) is 57.1 Å². The maximum Gasteiger partial charge on any atom is 0.264 e. The van der Waals surface area contributed by atoms with Crippen LogP contribution in [0.25, 0.3) is 0 Å². The molecule has 4 rings (SSSR count). The molecule has 11 heteroatoms. The van der Waals surface area contributed by atoms with Gasteiger partial charge in [0.25, 0.3) is 10.0 Å². The fraction of sp³-hybridized carbons (Fsp3) is 0.257. The van der Waals surface area contributed by atoms with Gasteiger partial charge in [0, 0.05) is 39.6 Å². The highest BCUT2D eigenvalue weighted by Crippen LogP contribution is 2.30. The smallest absolute Gasteiger partial charge is 0.264 e. The van der Waals surface area contributed by atoms with Gasteiger partial charge in [0.2, 0.25) is 11.8 Å². The zero-order chi connectivity index (χ0) is 33.4. The van der Waals surface area contributed by atoms with Crippen molar-refractivity contribution in [3.05, 3.63) is 129 Å². The number of rotatable bonds is 13. The van der Waals surface area contributed by atoms with Gasteiger partial charge < -0.3 is 10.2 Å². The molecule has 0 bridgehead atoms. The van der Waals surface area contributed by atoms with E-state index >= 15 is 0 Å². The lowest BCUT2D eigenvalue weighted by Crippen LogP contribution is -2.54. The fourth-order valence-electron chi connectivity index (χ4n) is 4.83. The third-order valence-electron chi connectivity index (χ3n) is 7.72. The molecule has 4 aromatic rings. The van der Waals surface area contributed by atoms with Crippen LogP contribution in [0.2, 0.25) is 15.1 Å².